The number of nitrogens with zero attached hydrogens (tertiary/aromatic N) is 1. The van der Waals surface area contributed by atoms with E-state index in [1.807, 2.05) is 0 Å². The van der Waals surface area contributed by atoms with Crippen LogP contribution in [0.25, 0.3) is 0 Å². The summed E-state index contributed by atoms with van der Waals surface area (Å²) < 4.78 is 59.1. The molecule has 0 unspecified atom stereocenters. The molecule has 6 nitrogen and oxygen atoms in total. The fraction of sp³-hybridized carbons (Fsp3) is 0.429. The van der Waals surface area contributed by atoms with E-state index in [4.69, 9.17) is 11.6 Å². The van der Waals surface area contributed by atoms with Crippen LogP contribution in [-0.4, -0.2) is 38.4 Å². The second kappa shape index (κ2) is 9.96. The number of hydrogen-bond donors (Lipinski definition) is 3. The van der Waals surface area contributed by atoms with Crippen LogP contribution < -0.4 is 15.4 Å². The third-order valence-electron chi connectivity index (χ3n) is 5.71. The number of anilines is 3. The number of halogens is 4. The maximum absolute atomic E-state index is 14.7. The van der Waals surface area contributed by atoms with Crippen LogP contribution in [0.5, 0.6) is 0 Å². The van der Waals surface area contributed by atoms with Gasteiger partial charge in [-0.25, -0.2) is 8.78 Å². The van der Waals surface area contributed by atoms with E-state index in [9.17, 15) is 17.2 Å². The van der Waals surface area contributed by atoms with Crippen LogP contribution in [0, 0.1) is 21.1 Å². The van der Waals surface area contributed by atoms with Crippen molar-refractivity contribution in [2.45, 2.75) is 31.7 Å². The van der Waals surface area contributed by atoms with Crippen LogP contribution in [0.2, 0.25) is 5.02 Å². The Labute approximate surface area is 205 Å². The van der Waals surface area contributed by atoms with Gasteiger partial charge in [0.1, 0.15) is 0 Å². The van der Waals surface area contributed by atoms with Gasteiger partial charge in [0.2, 0.25) is 0 Å². The van der Waals surface area contributed by atoms with Crippen LogP contribution in [-0.2, 0) is 10.2 Å². The van der Waals surface area contributed by atoms with E-state index in [2.05, 4.69) is 37.9 Å². The largest absolute Gasteiger partial charge is 0.352 e. The molecule has 0 amide bonds. The van der Waals surface area contributed by atoms with E-state index in [1.165, 1.54) is 29.3 Å². The van der Waals surface area contributed by atoms with E-state index in [0.29, 0.717) is 36.6 Å². The van der Waals surface area contributed by atoms with Gasteiger partial charge in [-0.1, -0.05) is 11.6 Å². The standard InChI is InChI=1S/C21H24ClF2IN4O2S/c22-16-11-14(25)3-4-17(16)27-18-5-6-19(21(24)20(18)23)28-32(30,31)29-9-7-15(8-10-29)26-12-13-1-2-13/h3-6,11,13,15,26-28H,1-2,7-10,12H2. The minimum absolute atomic E-state index is 0.142. The van der Waals surface area contributed by atoms with Gasteiger partial charge < -0.3 is 10.6 Å². The highest BCUT2D eigenvalue weighted by Crippen LogP contribution is 2.32. The first-order chi connectivity index (χ1) is 15.2. The Morgan fingerprint density at radius 1 is 1.00 bits per heavy atom. The van der Waals surface area contributed by atoms with E-state index < -0.39 is 27.5 Å². The van der Waals surface area contributed by atoms with Gasteiger partial charge in [0.15, 0.2) is 11.6 Å². The van der Waals surface area contributed by atoms with E-state index >= 15 is 0 Å². The highest BCUT2D eigenvalue weighted by Gasteiger charge is 2.30. The maximum atomic E-state index is 14.7. The van der Waals surface area contributed by atoms with Crippen LogP contribution in [0.15, 0.2) is 30.3 Å². The minimum Gasteiger partial charge on any atom is -0.352 e. The molecule has 32 heavy (non-hydrogen) atoms. The van der Waals surface area contributed by atoms with Crippen molar-refractivity contribution in [3.63, 3.8) is 0 Å². The summed E-state index contributed by atoms with van der Waals surface area (Å²) >= 11 is 8.23. The zero-order valence-electron chi connectivity index (χ0n) is 17.2. The molecule has 3 N–H and O–H groups in total. The third kappa shape index (κ3) is 5.82. The van der Waals surface area contributed by atoms with E-state index in [0.717, 1.165) is 16.0 Å². The second-order valence-corrected chi connectivity index (χ2v) is 11.5. The smallest absolute Gasteiger partial charge is 0.301 e. The minimum atomic E-state index is -3.99. The Kier molecular flexibility index (Phi) is 7.45. The van der Waals surface area contributed by atoms with Crippen LogP contribution in [0.3, 0.4) is 0 Å². The number of benzene rings is 2. The highest BCUT2D eigenvalue weighted by atomic mass is 127. The normalized spacial score (nSPS) is 18.0. The zero-order chi connectivity index (χ0) is 22.9. The van der Waals surface area contributed by atoms with Crippen LogP contribution in [0.4, 0.5) is 25.8 Å². The molecule has 0 spiro atoms. The van der Waals surface area contributed by atoms with Crippen LogP contribution in [0.1, 0.15) is 25.7 Å². The van der Waals surface area contributed by atoms with Gasteiger partial charge in [0, 0.05) is 22.7 Å². The molecular formula is C21H24ClF2IN4O2S. The summed E-state index contributed by atoms with van der Waals surface area (Å²) in [6.45, 7) is 1.63. The number of nitrogens with one attached hydrogen (secondary N) is 3. The summed E-state index contributed by atoms with van der Waals surface area (Å²) in [5.41, 5.74) is -0.163. The molecule has 2 aliphatic rings. The lowest BCUT2D eigenvalue weighted by Gasteiger charge is -2.32. The van der Waals surface area contributed by atoms with Crippen molar-refractivity contribution in [3.8, 4) is 0 Å². The average Bonchev–Trinajstić information content (AvgIpc) is 3.58. The summed E-state index contributed by atoms with van der Waals surface area (Å²) in [6, 6.07) is 7.87. The van der Waals surface area contributed by atoms with Gasteiger partial charge in [0.25, 0.3) is 0 Å². The van der Waals surface area contributed by atoms with Crippen molar-refractivity contribution in [1.82, 2.24) is 9.62 Å². The Morgan fingerprint density at radius 3 is 2.28 bits per heavy atom. The van der Waals surface area contributed by atoms with Gasteiger partial charge in [-0.15, -0.1) is 0 Å². The van der Waals surface area contributed by atoms with Crippen molar-refractivity contribution in [3.05, 3.63) is 50.6 Å². The van der Waals surface area contributed by atoms with Crippen molar-refractivity contribution in [2.75, 3.05) is 29.7 Å². The summed E-state index contributed by atoms with van der Waals surface area (Å²) in [4.78, 5) is 0. The lowest BCUT2D eigenvalue weighted by atomic mass is 10.1. The highest BCUT2D eigenvalue weighted by molar-refractivity contribution is 14.1. The Morgan fingerprint density at radius 2 is 1.62 bits per heavy atom. The fourth-order valence-corrected chi connectivity index (χ4v) is 5.78. The molecule has 0 bridgehead atoms. The van der Waals surface area contributed by atoms with Gasteiger partial charge >= 0.3 is 10.2 Å². The zero-order valence-corrected chi connectivity index (χ0v) is 20.9. The van der Waals surface area contributed by atoms with Gasteiger partial charge in [-0.3, -0.25) is 4.72 Å². The van der Waals surface area contributed by atoms with Gasteiger partial charge in [-0.2, -0.15) is 12.7 Å². The third-order valence-corrected chi connectivity index (χ3v) is 8.21. The summed E-state index contributed by atoms with van der Waals surface area (Å²) in [5, 5.41) is 6.59. The van der Waals surface area contributed by atoms with Crippen molar-refractivity contribution in [1.29, 1.82) is 0 Å². The topological polar surface area (TPSA) is 73.5 Å². The molecule has 2 fully saturated rings. The monoisotopic (exact) mass is 596 g/mol. The van der Waals surface area contributed by atoms with E-state index in [-0.39, 0.29) is 11.7 Å². The first-order valence-corrected chi connectivity index (χ1v) is 13.3. The molecule has 1 aliphatic carbocycles. The quantitative estimate of drug-likeness (QED) is 0.372. The number of rotatable bonds is 8. The summed E-state index contributed by atoms with van der Waals surface area (Å²) in [6.07, 6.45) is 3.89. The Balaban J connectivity index is 1.40. The number of piperidine rings is 1. The van der Waals surface area contributed by atoms with Crippen LogP contribution >= 0.6 is 34.2 Å². The molecular weight excluding hydrogens is 573 g/mol. The predicted molar refractivity (Wildman–Crippen MR) is 132 cm³/mol. The first-order valence-electron chi connectivity index (χ1n) is 10.4. The Hall–Kier alpha value is -1.21. The molecule has 174 valence electrons. The summed E-state index contributed by atoms with van der Waals surface area (Å²) in [7, 11) is -3.99. The molecule has 0 radical (unpaired) electrons. The SMILES string of the molecule is O=S(=O)(Nc1ccc(Nc2ccc(I)cc2Cl)c(F)c1F)N1CCC(NCC2CC2)CC1. The average molecular weight is 597 g/mol. The van der Waals surface area contributed by atoms with Gasteiger partial charge in [0.05, 0.1) is 22.1 Å². The maximum Gasteiger partial charge on any atom is 0.301 e. The lowest BCUT2D eigenvalue weighted by molar-refractivity contribution is 0.289. The molecule has 1 saturated carbocycles. The molecule has 1 heterocycles. The number of hydrogen-bond acceptors (Lipinski definition) is 4. The predicted octanol–water partition coefficient (Wildman–Crippen LogP) is 5.09. The molecule has 2 aromatic carbocycles. The van der Waals surface area contributed by atoms with Crippen molar-refractivity contribution in [2.24, 2.45) is 5.92 Å². The molecule has 1 saturated heterocycles. The first kappa shape index (κ1) is 23.9. The fourth-order valence-electron chi connectivity index (χ4n) is 3.62. The second-order valence-electron chi connectivity index (χ2n) is 8.17. The van der Waals surface area contributed by atoms with Crippen molar-refractivity contribution >= 4 is 61.5 Å². The molecule has 11 heteroatoms. The molecule has 0 aromatic heterocycles. The molecule has 1 aliphatic heterocycles. The lowest BCUT2D eigenvalue weighted by Crippen LogP contribution is -2.47. The van der Waals surface area contributed by atoms with Gasteiger partial charge in [-0.05, 0) is 91.1 Å². The summed E-state index contributed by atoms with van der Waals surface area (Å²) in [5.74, 6) is -1.71. The molecule has 2 aromatic rings. The van der Waals surface area contributed by atoms with E-state index in [1.54, 1.807) is 18.2 Å². The molecule has 0 atom stereocenters. The van der Waals surface area contributed by atoms with Crippen molar-refractivity contribution < 1.29 is 17.2 Å². The Bertz CT molecular complexity index is 1090. The molecule has 4 rings (SSSR count).